The molecule has 2 aromatic heterocycles. The van der Waals surface area contributed by atoms with Crippen LogP contribution in [-0.2, 0) is 18.2 Å². The first-order valence-corrected chi connectivity index (χ1v) is 14.0. The van der Waals surface area contributed by atoms with Crippen molar-refractivity contribution in [3.63, 3.8) is 0 Å². The fraction of sp³-hybridized carbons (Fsp3) is 0.387. The van der Waals surface area contributed by atoms with Crippen LogP contribution in [0.25, 0.3) is 11.0 Å². The molecule has 40 heavy (non-hydrogen) atoms. The van der Waals surface area contributed by atoms with Crippen LogP contribution in [0, 0.1) is 0 Å². The van der Waals surface area contributed by atoms with Gasteiger partial charge in [0.1, 0.15) is 17.2 Å². The summed E-state index contributed by atoms with van der Waals surface area (Å²) in [5.74, 6) is 2.16. The van der Waals surface area contributed by atoms with E-state index in [0.29, 0.717) is 29.7 Å². The van der Waals surface area contributed by atoms with Crippen LogP contribution in [0.15, 0.2) is 54.7 Å². The lowest BCUT2D eigenvalue weighted by Gasteiger charge is -2.26. The van der Waals surface area contributed by atoms with E-state index in [1.807, 2.05) is 29.8 Å². The molecule has 0 atom stereocenters. The van der Waals surface area contributed by atoms with Gasteiger partial charge in [0, 0.05) is 57.2 Å². The molecule has 0 unspecified atom stereocenters. The summed E-state index contributed by atoms with van der Waals surface area (Å²) in [6.07, 6.45) is 2.60. The number of hydrogen-bond donors (Lipinski definition) is 2. The third-order valence-corrected chi connectivity index (χ3v) is 7.27. The van der Waals surface area contributed by atoms with Crippen molar-refractivity contribution >= 4 is 28.6 Å². The number of pyridine rings is 1. The number of imidazole rings is 1. The Balaban J connectivity index is 1.26. The van der Waals surface area contributed by atoms with Crippen LogP contribution in [-0.4, -0.2) is 64.7 Å². The van der Waals surface area contributed by atoms with Crippen LogP contribution in [0.1, 0.15) is 48.3 Å². The molecule has 9 nitrogen and oxygen atoms in total. The number of nitrogens with one attached hydrogen (secondary N) is 2. The number of benzene rings is 2. The van der Waals surface area contributed by atoms with Gasteiger partial charge in [-0.2, -0.15) is 0 Å². The van der Waals surface area contributed by atoms with Gasteiger partial charge in [0.15, 0.2) is 0 Å². The largest absolute Gasteiger partial charge is 0.457 e. The molecular formula is C31H38N6O3. The molecule has 9 heteroatoms. The van der Waals surface area contributed by atoms with E-state index < -0.39 is 0 Å². The minimum absolute atomic E-state index is 0.220. The monoisotopic (exact) mass is 542 g/mol. The number of rotatable bonds is 10. The van der Waals surface area contributed by atoms with Gasteiger partial charge in [-0.25, -0.2) is 4.98 Å². The van der Waals surface area contributed by atoms with Gasteiger partial charge < -0.3 is 24.7 Å². The summed E-state index contributed by atoms with van der Waals surface area (Å²) >= 11 is 0. The van der Waals surface area contributed by atoms with Crippen molar-refractivity contribution in [2.45, 2.75) is 33.1 Å². The van der Waals surface area contributed by atoms with Crippen molar-refractivity contribution < 1.29 is 14.3 Å². The second-order valence-corrected chi connectivity index (χ2v) is 10.4. The Morgan fingerprint density at radius 1 is 1.07 bits per heavy atom. The highest BCUT2D eigenvalue weighted by atomic mass is 16.5. The van der Waals surface area contributed by atoms with Crippen LogP contribution >= 0.6 is 0 Å². The van der Waals surface area contributed by atoms with E-state index >= 15 is 0 Å². The van der Waals surface area contributed by atoms with E-state index in [1.165, 1.54) is 11.1 Å². The van der Waals surface area contributed by atoms with Gasteiger partial charge in [-0.3, -0.25) is 14.7 Å². The third-order valence-electron chi connectivity index (χ3n) is 7.27. The van der Waals surface area contributed by atoms with Gasteiger partial charge in [0.25, 0.3) is 5.91 Å². The number of amides is 1. The number of anilines is 2. The molecule has 1 aliphatic rings. The first-order chi connectivity index (χ1) is 19.4. The second-order valence-electron chi connectivity index (χ2n) is 10.4. The molecular weight excluding hydrogens is 504 g/mol. The van der Waals surface area contributed by atoms with Crippen LogP contribution in [0.3, 0.4) is 0 Å². The number of carbonyl (C=O) groups is 1. The van der Waals surface area contributed by atoms with Gasteiger partial charge in [0.2, 0.25) is 5.95 Å². The highest BCUT2D eigenvalue weighted by Crippen LogP contribution is 2.30. The average Bonchev–Trinajstić information content (AvgIpc) is 3.27. The maximum atomic E-state index is 12.7. The minimum atomic E-state index is -0.220. The highest BCUT2D eigenvalue weighted by molar-refractivity contribution is 5.92. The summed E-state index contributed by atoms with van der Waals surface area (Å²) < 4.78 is 13.5. The van der Waals surface area contributed by atoms with Crippen LogP contribution in [0.5, 0.6) is 11.5 Å². The number of hydrogen-bond acceptors (Lipinski definition) is 7. The second kappa shape index (κ2) is 12.5. The quantitative estimate of drug-likeness (QED) is 0.283. The molecule has 1 saturated heterocycles. The van der Waals surface area contributed by atoms with Crippen LogP contribution < -0.4 is 15.4 Å². The number of morpholine rings is 1. The Hall–Kier alpha value is -3.95. The summed E-state index contributed by atoms with van der Waals surface area (Å²) in [7, 11) is 1.99. The maximum Gasteiger partial charge on any atom is 0.270 e. The highest BCUT2D eigenvalue weighted by Gasteiger charge is 2.14. The van der Waals surface area contributed by atoms with Crippen molar-refractivity contribution in [2.75, 3.05) is 44.7 Å². The number of ether oxygens (including phenoxy) is 2. The molecule has 0 bridgehead atoms. The maximum absolute atomic E-state index is 12.7. The van der Waals surface area contributed by atoms with Gasteiger partial charge >= 0.3 is 0 Å². The first kappa shape index (κ1) is 27.6. The zero-order valence-corrected chi connectivity index (χ0v) is 23.7. The molecule has 0 radical (unpaired) electrons. The summed E-state index contributed by atoms with van der Waals surface area (Å²) in [5.41, 5.74) is 5.86. The number of carbonyl (C=O) groups excluding carboxylic acids is 1. The standard InChI is InChI=1S/C31H38N6O3/c1-5-22-6-7-23(18-26(22)21(2)3)34-31-35-27-19-24(8-9-29(27)36(31)4)40-25-10-11-32-28(20-25)30(38)33-12-13-37-14-16-39-17-15-37/h6-11,18-21H,5,12-17H2,1-4H3,(H,33,38)(H,34,35). The lowest BCUT2D eigenvalue weighted by atomic mass is 9.95. The number of aryl methyl sites for hydroxylation is 2. The van der Waals surface area contributed by atoms with Gasteiger partial charge in [-0.15, -0.1) is 0 Å². The average molecular weight is 543 g/mol. The minimum Gasteiger partial charge on any atom is -0.457 e. The molecule has 3 heterocycles. The lowest BCUT2D eigenvalue weighted by Crippen LogP contribution is -2.41. The Labute approximate surface area is 235 Å². The van der Waals surface area contributed by atoms with Crippen molar-refractivity contribution in [1.82, 2.24) is 24.8 Å². The fourth-order valence-corrected chi connectivity index (χ4v) is 4.99. The zero-order valence-electron chi connectivity index (χ0n) is 23.7. The Morgan fingerprint density at radius 2 is 1.88 bits per heavy atom. The summed E-state index contributed by atoms with van der Waals surface area (Å²) in [5, 5.41) is 6.43. The van der Waals surface area contributed by atoms with Crippen LogP contribution in [0.2, 0.25) is 0 Å². The molecule has 1 fully saturated rings. The summed E-state index contributed by atoms with van der Waals surface area (Å²) in [6.45, 7) is 11.2. The smallest absolute Gasteiger partial charge is 0.270 e. The first-order valence-electron chi connectivity index (χ1n) is 14.0. The zero-order chi connectivity index (χ0) is 28.1. The predicted octanol–water partition coefficient (Wildman–Crippen LogP) is 5.25. The van der Waals surface area contributed by atoms with E-state index in [0.717, 1.165) is 61.9 Å². The van der Waals surface area contributed by atoms with E-state index in [9.17, 15) is 4.79 Å². The molecule has 210 valence electrons. The van der Waals surface area contributed by atoms with Crippen molar-refractivity contribution in [2.24, 2.45) is 7.05 Å². The SMILES string of the molecule is CCc1ccc(Nc2nc3cc(Oc4ccnc(C(=O)NCCN5CCOCC5)c4)ccc3n2C)cc1C(C)C. The van der Waals surface area contributed by atoms with Gasteiger partial charge in [-0.05, 0) is 53.8 Å². The molecule has 0 spiro atoms. The molecule has 0 saturated carbocycles. The Kier molecular flexibility index (Phi) is 8.62. The molecule has 2 aromatic carbocycles. The van der Waals surface area contributed by atoms with Gasteiger partial charge in [-0.1, -0.05) is 26.8 Å². The van der Waals surface area contributed by atoms with Crippen molar-refractivity contribution in [3.05, 3.63) is 71.5 Å². The van der Waals surface area contributed by atoms with Crippen molar-refractivity contribution in [3.8, 4) is 11.5 Å². The normalized spacial score (nSPS) is 14.0. The van der Waals surface area contributed by atoms with E-state index in [-0.39, 0.29) is 5.91 Å². The topological polar surface area (TPSA) is 93.5 Å². The predicted molar refractivity (Wildman–Crippen MR) is 158 cm³/mol. The summed E-state index contributed by atoms with van der Waals surface area (Å²) in [4.78, 5) is 24.0. The number of fused-ring (bicyclic) bond motifs is 1. The van der Waals surface area contributed by atoms with E-state index in [4.69, 9.17) is 14.5 Å². The molecule has 4 aromatic rings. The number of aromatic nitrogens is 3. The van der Waals surface area contributed by atoms with Crippen molar-refractivity contribution in [1.29, 1.82) is 0 Å². The molecule has 2 N–H and O–H groups in total. The number of nitrogens with zero attached hydrogens (tertiary/aromatic N) is 4. The van der Waals surface area contributed by atoms with Gasteiger partial charge in [0.05, 0.1) is 24.2 Å². The van der Waals surface area contributed by atoms with Crippen LogP contribution in [0.4, 0.5) is 11.6 Å². The van der Waals surface area contributed by atoms with E-state index in [2.05, 4.69) is 59.5 Å². The Morgan fingerprint density at radius 3 is 2.65 bits per heavy atom. The fourth-order valence-electron chi connectivity index (χ4n) is 4.99. The molecule has 1 aliphatic heterocycles. The third kappa shape index (κ3) is 6.43. The van der Waals surface area contributed by atoms with E-state index in [1.54, 1.807) is 18.3 Å². The lowest BCUT2D eigenvalue weighted by molar-refractivity contribution is 0.0383. The molecule has 1 amide bonds. The Bertz CT molecular complexity index is 1480. The molecule has 0 aliphatic carbocycles. The molecule has 5 rings (SSSR count). The summed E-state index contributed by atoms with van der Waals surface area (Å²) in [6, 6.07) is 15.7.